The molecule has 94 valence electrons. The lowest BCUT2D eigenvalue weighted by Crippen LogP contribution is -2.30. The summed E-state index contributed by atoms with van der Waals surface area (Å²) in [5.41, 5.74) is 1.27. The summed E-state index contributed by atoms with van der Waals surface area (Å²) < 4.78 is 2.03. The van der Waals surface area contributed by atoms with Crippen molar-refractivity contribution in [1.82, 2.24) is 20.1 Å². The normalized spacial score (nSPS) is 19.9. The van der Waals surface area contributed by atoms with Crippen LogP contribution < -0.4 is 5.32 Å². The lowest BCUT2D eigenvalue weighted by atomic mass is 9.99. The van der Waals surface area contributed by atoms with Gasteiger partial charge in [-0.15, -0.1) is 0 Å². The number of nitrogens with one attached hydrogen (secondary N) is 1. The molecule has 1 aliphatic rings. The number of rotatable bonds is 3. The van der Waals surface area contributed by atoms with Crippen LogP contribution in [-0.2, 0) is 6.54 Å². The third-order valence-corrected chi connectivity index (χ3v) is 3.48. The summed E-state index contributed by atoms with van der Waals surface area (Å²) in [7, 11) is 0. The van der Waals surface area contributed by atoms with Crippen LogP contribution in [0.5, 0.6) is 0 Å². The molecule has 0 amide bonds. The van der Waals surface area contributed by atoms with Gasteiger partial charge in [0.15, 0.2) is 0 Å². The average molecular weight is 242 g/mol. The molecule has 0 saturated carbocycles. The number of nitrogens with zero attached hydrogens (tertiary/aromatic N) is 3. The Morgan fingerprint density at radius 1 is 1.28 bits per heavy atom. The highest BCUT2D eigenvalue weighted by molar-refractivity contribution is 5.15. The molecule has 4 heteroatoms. The fraction of sp³-hybridized carbons (Fsp3) is 0.429. The summed E-state index contributed by atoms with van der Waals surface area (Å²) >= 11 is 0. The van der Waals surface area contributed by atoms with Crippen molar-refractivity contribution in [3.05, 3.63) is 48.0 Å². The Morgan fingerprint density at radius 3 is 2.94 bits per heavy atom. The van der Waals surface area contributed by atoms with E-state index in [4.69, 9.17) is 0 Å². The molecule has 1 aliphatic heterocycles. The Kier molecular flexibility index (Phi) is 3.37. The van der Waals surface area contributed by atoms with E-state index in [0.29, 0.717) is 5.92 Å². The molecule has 3 rings (SSSR count). The van der Waals surface area contributed by atoms with E-state index in [2.05, 4.69) is 39.7 Å². The maximum absolute atomic E-state index is 4.45. The lowest BCUT2D eigenvalue weighted by molar-refractivity contribution is 0.429. The van der Waals surface area contributed by atoms with E-state index in [1.807, 2.05) is 10.7 Å². The fourth-order valence-electron chi connectivity index (χ4n) is 2.54. The van der Waals surface area contributed by atoms with E-state index in [1.165, 1.54) is 18.4 Å². The standard InChI is InChI=1S/C14H18N4/c1-2-5-12(6-3-1)10-18-14(16-11-17-18)13-7-4-8-15-9-13/h1-3,5-6,11,13,15H,4,7-10H2. The van der Waals surface area contributed by atoms with Crippen LogP contribution in [0.4, 0.5) is 0 Å². The molecule has 1 atom stereocenters. The first-order valence-corrected chi connectivity index (χ1v) is 6.56. The summed E-state index contributed by atoms with van der Waals surface area (Å²) in [4.78, 5) is 4.45. The first-order valence-electron chi connectivity index (χ1n) is 6.56. The van der Waals surface area contributed by atoms with Gasteiger partial charge in [-0.25, -0.2) is 9.67 Å². The van der Waals surface area contributed by atoms with Crippen molar-refractivity contribution in [2.45, 2.75) is 25.3 Å². The number of aromatic nitrogens is 3. The molecule has 2 aromatic rings. The smallest absolute Gasteiger partial charge is 0.138 e. The number of hydrogen-bond acceptors (Lipinski definition) is 3. The van der Waals surface area contributed by atoms with E-state index in [0.717, 1.165) is 25.5 Å². The predicted octanol–water partition coefficient (Wildman–Crippen LogP) is 1.79. The van der Waals surface area contributed by atoms with Gasteiger partial charge in [0.05, 0.1) is 6.54 Å². The zero-order valence-electron chi connectivity index (χ0n) is 10.4. The molecule has 0 aliphatic carbocycles. The van der Waals surface area contributed by atoms with Gasteiger partial charge in [-0.05, 0) is 24.9 Å². The Labute approximate surface area is 107 Å². The minimum atomic E-state index is 0.505. The molecule has 0 radical (unpaired) electrons. The fourth-order valence-corrected chi connectivity index (χ4v) is 2.54. The van der Waals surface area contributed by atoms with Gasteiger partial charge >= 0.3 is 0 Å². The highest BCUT2D eigenvalue weighted by Gasteiger charge is 2.20. The van der Waals surface area contributed by atoms with Crippen molar-refractivity contribution in [3.8, 4) is 0 Å². The monoisotopic (exact) mass is 242 g/mol. The van der Waals surface area contributed by atoms with Gasteiger partial charge in [-0.3, -0.25) is 0 Å². The van der Waals surface area contributed by atoms with Crippen LogP contribution in [0.15, 0.2) is 36.7 Å². The van der Waals surface area contributed by atoms with Crippen molar-refractivity contribution in [1.29, 1.82) is 0 Å². The number of hydrogen-bond donors (Lipinski definition) is 1. The minimum absolute atomic E-state index is 0.505. The first kappa shape index (κ1) is 11.4. The van der Waals surface area contributed by atoms with Gasteiger partial charge in [-0.1, -0.05) is 30.3 Å². The summed E-state index contributed by atoms with van der Waals surface area (Å²) in [6.45, 7) is 2.96. The molecule has 2 heterocycles. The predicted molar refractivity (Wildman–Crippen MR) is 70.4 cm³/mol. The van der Waals surface area contributed by atoms with Crippen LogP contribution in [-0.4, -0.2) is 27.9 Å². The zero-order valence-corrected chi connectivity index (χ0v) is 10.4. The minimum Gasteiger partial charge on any atom is -0.316 e. The third kappa shape index (κ3) is 2.43. The van der Waals surface area contributed by atoms with Crippen molar-refractivity contribution in [2.24, 2.45) is 0 Å². The molecule has 1 saturated heterocycles. The zero-order chi connectivity index (χ0) is 12.2. The Hall–Kier alpha value is -1.68. The van der Waals surface area contributed by atoms with Gasteiger partial charge in [0.25, 0.3) is 0 Å². The molecule has 1 N–H and O–H groups in total. The van der Waals surface area contributed by atoms with Gasteiger partial charge in [0.1, 0.15) is 12.2 Å². The molecule has 1 unspecified atom stereocenters. The number of piperidine rings is 1. The molecule has 0 bridgehead atoms. The Bertz CT molecular complexity index is 486. The number of benzene rings is 1. The van der Waals surface area contributed by atoms with Crippen molar-refractivity contribution in [2.75, 3.05) is 13.1 Å². The maximum Gasteiger partial charge on any atom is 0.138 e. The molecular weight excluding hydrogens is 224 g/mol. The lowest BCUT2D eigenvalue weighted by Gasteiger charge is -2.22. The summed E-state index contributed by atoms with van der Waals surface area (Å²) in [6.07, 6.45) is 4.11. The van der Waals surface area contributed by atoms with Crippen LogP contribution in [0.2, 0.25) is 0 Å². The van der Waals surface area contributed by atoms with Crippen molar-refractivity contribution >= 4 is 0 Å². The van der Waals surface area contributed by atoms with E-state index in [9.17, 15) is 0 Å². The summed E-state index contributed by atoms with van der Waals surface area (Å²) in [5, 5.41) is 7.80. The van der Waals surface area contributed by atoms with E-state index >= 15 is 0 Å². The average Bonchev–Trinajstić information content (AvgIpc) is 2.89. The van der Waals surface area contributed by atoms with E-state index in [-0.39, 0.29) is 0 Å². The Morgan fingerprint density at radius 2 is 2.17 bits per heavy atom. The summed E-state index contributed by atoms with van der Waals surface area (Å²) in [6, 6.07) is 10.4. The van der Waals surface area contributed by atoms with Crippen LogP contribution in [0.1, 0.15) is 30.1 Å². The van der Waals surface area contributed by atoms with Crippen LogP contribution in [0.3, 0.4) is 0 Å². The van der Waals surface area contributed by atoms with Gasteiger partial charge < -0.3 is 5.32 Å². The van der Waals surface area contributed by atoms with Gasteiger partial charge in [0.2, 0.25) is 0 Å². The highest BCUT2D eigenvalue weighted by atomic mass is 15.3. The molecule has 4 nitrogen and oxygen atoms in total. The molecule has 18 heavy (non-hydrogen) atoms. The maximum atomic E-state index is 4.45. The molecule has 1 fully saturated rings. The SMILES string of the molecule is c1ccc(Cn2ncnc2C2CCCNC2)cc1. The summed E-state index contributed by atoms with van der Waals surface area (Å²) in [5.74, 6) is 1.62. The third-order valence-electron chi connectivity index (χ3n) is 3.48. The van der Waals surface area contributed by atoms with Crippen LogP contribution in [0.25, 0.3) is 0 Å². The Balaban J connectivity index is 1.78. The topological polar surface area (TPSA) is 42.7 Å². The van der Waals surface area contributed by atoms with E-state index < -0.39 is 0 Å². The molecule has 1 aromatic carbocycles. The molecule has 1 aromatic heterocycles. The van der Waals surface area contributed by atoms with Crippen LogP contribution in [0, 0.1) is 0 Å². The highest BCUT2D eigenvalue weighted by Crippen LogP contribution is 2.21. The first-order chi connectivity index (χ1) is 8.93. The van der Waals surface area contributed by atoms with Crippen molar-refractivity contribution in [3.63, 3.8) is 0 Å². The second-order valence-corrected chi connectivity index (χ2v) is 4.80. The molecular formula is C14H18N4. The largest absolute Gasteiger partial charge is 0.316 e. The van der Waals surface area contributed by atoms with Gasteiger partial charge in [0, 0.05) is 12.5 Å². The second kappa shape index (κ2) is 5.31. The quantitative estimate of drug-likeness (QED) is 0.892. The van der Waals surface area contributed by atoms with Crippen molar-refractivity contribution < 1.29 is 0 Å². The van der Waals surface area contributed by atoms with E-state index in [1.54, 1.807) is 6.33 Å². The van der Waals surface area contributed by atoms with Gasteiger partial charge in [-0.2, -0.15) is 5.10 Å². The van der Waals surface area contributed by atoms with Crippen LogP contribution >= 0.6 is 0 Å². The molecule has 0 spiro atoms. The second-order valence-electron chi connectivity index (χ2n) is 4.80.